The third kappa shape index (κ3) is 3.06. The average Bonchev–Trinajstić information content (AvgIpc) is 2.51. The van der Waals surface area contributed by atoms with E-state index in [4.69, 9.17) is 10.5 Å². The summed E-state index contributed by atoms with van der Waals surface area (Å²) in [5.41, 5.74) is 6.68. The maximum absolute atomic E-state index is 12.2. The van der Waals surface area contributed by atoms with Gasteiger partial charge in [0.15, 0.2) is 0 Å². The van der Waals surface area contributed by atoms with Crippen LogP contribution in [-0.4, -0.2) is 18.5 Å². The Morgan fingerprint density at radius 2 is 1.81 bits per heavy atom. The van der Waals surface area contributed by atoms with Crippen LogP contribution in [0.1, 0.15) is 12.8 Å². The summed E-state index contributed by atoms with van der Waals surface area (Å²) in [5.74, 6) is 1.47. The first-order valence-electron chi connectivity index (χ1n) is 7.14. The third-order valence-corrected chi connectivity index (χ3v) is 3.59. The number of nitrogens with zero attached hydrogens (tertiary/aromatic N) is 1. The summed E-state index contributed by atoms with van der Waals surface area (Å²) in [5, 5.41) is 0. The Kier molecular flexibility index (Phi) is 3.88. The molecule has 0 aliphatic carbocycles. The van der Waals surface area contributed by atoms with Crippen molar-refractivity contribution < 1.29 is 9.53 Å². The summed E-state index contributed by atoms with van der Waals surface area (Å²) >= 11 is 0. The van der Waals surface area contributed by atoms with Gasteiger partial charge in [0.25, 0.3) is 0 Å². The second-order valence-electron chi connectivity index (χ2n) is 5.15. The second-order valence-corrected chi connectivity index (χ2v) is 5.15. The number of carbonyl (C=O) groups excluding carboxylic acids is 1. The molecule has 1 fully saturated rings. The van der Waals surface area contributed by atoms with E-state index < -0.39 is 6.04 Å². The molecule has 1 aliphatic heterocycles. The molecule has 2 N–H and O–H groups in total. The van der Waals surface area contributed by atoms with Gasteiger partial charge in [0.2, 0.25) is 5.91 Å². The molecule has 3 rings (SSSR count). The van der Waals surface area contributed by atoms with Crippen LogP contribution in [0.2, 0.25) is 0 Å². The SMILES string of the molecule is NC1CCCN(c2cccc(Oc3ccccc3)c2)C1=O. The first-order chi connectivity index (χ1) is 10.2. The standard InChI is InChI=1S/C17H18N2O2/c18-16-10-5-11-19(17(16)20)13-6-4-9-15(12-13)21-14-7-2-1-3-8-14/h1-4,6-9,12,16H,5,10-11,18H2. The lowest BCUT2D eigenvalue weighted by atomic mass is 10.0. The summed E-state index contributed by atoms with van der Waals surface area (Å²) in [7, 11) is 0. The zero-order valence-electron chi connectivity index (χ0n) is 11.7. The quantitative estimate of drug-likeness (QED) is 0.941. The van der Waals surface area contributed by atoms with Crippen LogP contribution in [0.5, 0.6) is 11.5 Å². The van der Waals surface area contributed by atoms with Crippen LogP contribution in [0.4, 0.5) is 5.69 Å². The molecule has 1 saturated heterocycles. The molecule has 2 aromatic carbocycles. The Morgan fingerprint density at radius 1 is 1.05 bits per heavy atom. The maximum atomic E-state index is 12.2. The van der Waals surface area contributed by atoms with Gasteiger partial charge in [0, 0.05) is 18.3 Å². The first-order valence-corrected chi connectivity index (χ1v) is 7.14. The van der Waals surface area contributed by atoms with E-state index in [1.165, 1.54) is 0 Å². The van der Waals surface area contributed by atoms with Crippen LogP contribution in [-0.2, 0) is 4.79 Å². The van der Waals surface area contributed by atoms with Gasteiger partial charge >= 0.3 is 0 Å². The monoisotopic (exact) mass is 282 g/mol. The topological polar surface area (TPSA) is 55.6 Å². The molecule has 4 heteroatoms. The van der Waals surface area contributed by atoms with Crippen molar-refractivity contribution in [2.75, 3.05) is 11.4 Å². The summed E-state index contributed by atoms with van der Waals surface area (Å²) in [6.07, 6.45) is 1.69. The Labute approximate surface area is 124 Å². The van der Waals surface area contributed by atoms with Gasteiger partial charge in [-0.3, -0.25) is 4.79 Å². The number of amides is 1. The highest BCUT2D eigenvalue weighted by Crippen LogP contribution is 2.27. The van der Waals surface area contributed by atoms with Crippen LogP contribution in [0.3, 0.4) is 0 Å². The number of rotatable bonds is 3. The summed E-state index contributed by atoms with van der Waals surface area (Å²) in [6.45, 7) is 0.710. The molecule has 1 amide bonds. The van der Waals surface area contributed by atoms with Gasteiger partial charge in [-0.1, -0.05) is 24.3 Å². The van der Waals surface area contributed by atoms with Crippen LogP contribution in [0.15, 0.2) is 54.6 Å². The number of para-hydroxylation sites is 1. The number of benzene rings is 2. The fourth-order valence-corrected chi connectivity index (χ4v) is 2.50. The van der Waals surface area contributed by atoms with Crippen molar-refractivity contribution in [3.63, 3.8) is 0 Å². The average molecular weight is 282 g/mol. The molecule has 0 bridgehead atoms. The van der Waals surface area contributed by atoms with Crippen LogP contribution in [0, 0.1) is 0 Å². The number of carbonyl (C=O) groups is 1. The van der Waals surface area contributed by atoms with E-state index in [0.717, 1.165) is 24.3 Å². The Morgan fingerprint density at radius 3 is 2.62 bits per heavy atom. The summed E-state index contributed by atoms with van der Waals surface area (Å²) < 4.78 is 5.80. The van der Waals surface area contributed by atoms with Gasteiger partial charge in [0.1, 0.15) is 11.5 Å². The molecule has 1 unspecified atom stereocenters. The molecule has 0 spiro atoms. The number of ether oxygens (including phenoxy) is 1. The smallest absolute Gasteiger partial charge is 0.243 e. The van der Waals surface area contributed by atoms with Crippen molar-refractivity contribution in [3.05, 3.63) is 54.6 Å². The highest BCUT2D eigenvalue weighted by Gasteiger charge is 2.26. The van der Waals surface area contributed by atoms with E-state index in [1.54, 1.807) is 4.90 Å². The Bertz CT molecular complexity index is 628. The molecule has 2 aromatic rings. The minimum Gasteiger partial charge on any atom is -0.457 e. The third-order valence-electron chi connectivity index (χ3n) is 3.59. The largest absolute Gasteiger partial charge is 0.457 e. The van der Waals surface area contributed by atoms with Crippen molar-refractivity contribution in [2.24, 2.45) is 5.73 Å². The van der Waals surface area contributed by atoms with Gasteiger partial charge in [0.05, 0.1) is 6.04 Å². The predicted octanol–water partition coefficient (Wildman–Crippen LogP) is 2.93. The molecular formula is C17H18N2O2. The molecule has 4 nitrogen and oxygen atoms in total. The van der Waals surface area contributed by atoms with E-state index in [2.05, 4.69) is 0 Å². The number of piperidine rings is 1. The lowest BCUT2D eigenvalue weighted by Gasteiger charge is -2.30. The number of hydrogen-bond donors (Lipinski definition) is 1. The molecule has 21 heavy (non-hydrogen) atoms. The van der Waals surface area contributed by atoms with Crippen molar-refractivity contribution in [2.45, 2.75) is 18.9 Å². The van der Waals surface area contributed by atoms with Crippen LogP contribution >= 0.6 is 0 Å². The van der Waals surface area contributed by atoms with Gasteiger partial charge < -0.3 is 15.4 Å². The van der Waals surface area contributed by atoms with Crippen molar-refractivity contribution in [1.82, 2.24) is 0 Å². The zero-order chi connectivity index (χ0) is 14.7. The lowest BCUT2D eigenvalue weighted by molar-refractivity contribution is -0.120. The van der Waals surface area contributed by atoms with Crippen LogP contribution in [0.25, 0.3) is 0 Å². The number of hydrogen-bond acceptors (Lipinski definition) is 3. The molecule has 0 aromatic heterocycles. The van der Waals surface area contributed by atoms with E-state index >= 15 is 0 Å². The lowest BCUT2D eigenvalue weighted by Crippen LogP contribution is -2.48. The molecule has 0 saturated carbocycles. The molecule has 1 heterocycles. The molecule has 1 aliphatic rings. The second kappa shape index (κ2) is 5.97. The Hall–Kier alpha value is -2.33. The normalized spacial score (nSPS) is 18.6. The van der Waals surface area contributed by atoms with Crippen molar-refractivity contribution >= 4 is 11.6 Å². The van der Waals surface area contributed by atoms with Crippen molar-refractivity contribution in [1.29, 1.82) is 0 Å². The highest BCUT2D eigenvalue weighted by molar-refractivity contribution is 5.97. The maximum Gasteiger partial charge on any atom is 0.243 e. The fraction of sp³-hybridized carbons (Fsp3) is 0.235. The minimum absolute atomic E-state index is 0.0156. The summed E-state index contributed by atoms with van der Waals surface area (Å²) in [6, 6.07) is 16.7. The van der Waals surface area contributed by atoms with Gasteiger partial charge in [-0.25, -0.2) is 0 Å². The van der Waals surface area contributed by atoms with Gasteiger partial charge in [-0.05, 0) is 37.1 Å². The van der Waals surface area contributed by atoms with E-state index in [-0.39, 0.29) is 5.91 Å². The number of nitrogens with two attached hydrogens (primary N) is 1. The molecule has 0 radical (unpaired) electrons. The molecular weight excluding hydrogens is 264 g/mol. The van der Waals surface area contributed by atoms with Crippen molar-refractivity contribution in [3.8, 4) is 11.5 Å². The van der Waals surface area contributed by atoms with Gasteiger partial charge in [-0.2, -0.15) is 0 Å². The highest BCUT2D eigenvalue weighted by atomic mass is 16.5. The van der Waals surface area contributed by atoms with E-state index in [9.17, 15) is 4.79 Å². The van der Waals surface area contributed by atoms with Crippen LogP contribution < -0.4 is 15.4 Å². The Balaban J connectivity index is 1.81. The zero-order valence-corrected chi connectivity index (χ0v) is 11.7. The fourth-order valence-electron chi connectivity index (χ4n) is 2.50. The molecule has 108 valence electrons. The predicted molar refractivity (Wildman–Crippen MR) is 82.5 cm³/mol. The minimum atomic E-state index is -0.391. The van der Waals surface area contributed by atoms with E-state index in [0.29, 0.717) is 12.3 Å². The summed E-state index contributed by atoms with van der Waals surface area (Å²) in [4.78, 5) is 13.9. The van der Waals surface area contributed by atoms with E-state index in [1.807, 2.05) is 54.6 Å². The van der Waals surface area contributed by atoms with Gasteiger partial charge in [-0.15, -0.1) is 0 Å². The first kappa shape index (κ1) is 13.6. The molecule has 1 atom stereocenters. The number of anilines is 1.